The molecular weight excluding hydrogens is 256 g/mol. The van der Waals surface area contributed by atoms with Crippen LogP contribution >= 0.6 is 0 Å². The number of ketones is 1. The van der Waals surface area contributed by atoms with Crippen molar-refractivity contribution in [1.82, 2.24) is 4.90 Å². The van der Waals surface area contributed by atoms with Crippen molar-refractivity contribution >= 4 is 11.9 Å². The van der Waals surface area contributed by atoms with Gasteiger partial charge < -0.3 is 9.64 Å². The lowest BCUT2D eigenvalue weighted by atomic mass is 9.90. The normalized spacial score (nSPS) is 16.6. The number of nitrogens with zero attached hydrogens (tertiary/aromatic N) is 2. The van der Waals surface area contributed by atoms with E-state index in [1.807, 2.05) is 26.8 Å². The summed E-state index contributed by atoms with van der Waals surface area (Å²) in [6.07, 6.45) is 2.65. The third kappa shape index (κ3) is 5.60. The first-order valence-corrected chi connectivity index (χ1v) is 7.21. The summed E-state index contributed by atoms with van der Waals surface area (Å²) in [4.78, 5) is 25.5. The van der Waals surface area contributed by atoms with Crippen LogP contribution in [0.25, 0.3) is 0 Å². The van der Waals surface area contributed by atoms with Crippen LogP contribution in [0.5, 0.6) is 0 Å². The van der Waals surface area contributed by atoms with Gasteiger partial charge >= 0.3 is 6.09 Å². The molecule has 0 atom stereocenters. The Bertz CT molecular complexity index is 385. The van der Waals surface area contributed by atoms with Crippen molar-refractivity contribution < 1.29 is 14.3 Å². The molecule has 20 heavy (non-hydrogen) atoms. The molecule has 5 nitrogen and oxygen atoms in total. The van der Waals surface area contributed by atoms with E-state index in [0.717, 1.165) is 0 Å². The Morgan fingerprint density at radius 2 is 1.90 bits per heavy atom. The van der Waals surface area contributed by atoms with Gasteiger partial charge in [0.05, 0.1) is 6.07 Å². The molecule has 0 bridgehead atoms. The smallest absolute Gasteiger partial charge is 0.410 e. The third-order valence-electron chi connectivity index (χ3n) is 3.31. The molecule has 1 aliphatic rings. The summed E-state index contributed by atoms with van der Waals surface area (Å²) >= 11 is 0. The quantitative estimate of drug-likeness (QED) is 0.742. The molecule has 0 aromatic carbocycles. The molecule has 1 heterocycles. The molecule has 0 radical (unpaired) electrons. The Kier molecular flexibility index (Phi) is 6.00. The van der Waals surface area contributed by atoms with Gasteiger partial charge in [-0.15, -0.1) is 0 Å². The van der Waals surface area contributed by atoms with Gasteiger partial charge in [0.25, 0.3) is 0 Å². The second kappa shape index (κ2) is 7.28. The van der Waals surface area contributed by atoms with Crippen LogP contribution in [0.2, 0.25) is 0 Å². The molecule has 112 valence electrons. The van der Waals surface area contributed by atoms with Gasteiger partial charge in [0.15, 0.2) is 0 Å². The highest BCUT2D eigenvalue weighted by Crippen LogP contribution is 2.22. The first-order valence-electron chi connectivity index (χ1n) is 7.21. The number of ether oxygens (including phenoxy) is 1. The monoisotopic (exact) mass is 280 g/mol. The summed E-state index contributed by atoms with van der Waals surface area (Å²) in [5.74, 6) is 0.261. The molecule has 1 fully saturated rings. The van der Waals surface area contributed by atoms with Crippen molar-refractivity contribution in [2.45, 2.75) is 58.5 Å². The summed E-state index contributed by atoms with van der Waals surface area (Å²) < 4.78 is 5.32. The summed E-state index contributed by atoms with van der Waals surface area (Å²) in [6, 6.07) is 2.05. The van der Waals surface area contributed by atoms with Crippen molar-refractivity contribution in [1.29, 1.82) is 5.26 Å². The number of hydrogen-bond acceptors (Lipinski definition) is 4. The number of Topliss-reactive ketones (excluding diaryl/α,β-unsaturated/α-hetero) is 1. The maximum atomic E-state index is 11.9. The van der Waals surface area contributed by atoms with E-state index in [9.17, 15) is 9.59 Å². The van der Waals surface area contributed by atoms with Gasteiger partial charge in [-0.3, -0.25) is 4.79 Å². The van der Waals surface area contributed by atoms with Crippen molar-refractivity contribution in [3.63, 3.8) is 0 Å². The van der Waals surface area contributed by atoms with Gasteiger partial charge in [-0.05, 0) is 40.0 Å². The van der Waals surface area contributed by atoms with E-state index in [1.165, 1.54) is 0 Å². The maximum Gasteiger partial charge on any atom is 0.410 e. The maximum absolute atomic E-state index is 11.9. The third-order valence-corrected chi connectivity index (χ3v) is 3.31. The van der Waals surface area contributed by atoms with Crippen LogP contribution in [-0.2, 0) is 9.53 Å². The number of nitriles is 1. The first-order chi connectivity index (χ1) is 9.33. The van der Waals surface area contributed by atoms with Gasteiger partial charge in [0.2, 0.25) is 0 Å². The number of carbonyl (C=O) groups excluding carboxylic acids is 2. The molecule has 5 heteroatoms. The molecular formula is C15H24N2O3. The number of likely N-dealkylation sites (tertiary alicyclic amines) is 1. The summed E-state index contributed by atoms with van der Waals surface area (Å²) in [5, 5.41) is 8.46. The van der Waals surface area contributed by atoms with Gasteiger partial charge in [-0.25, -0.2) is 4.79 Å². The van der Waals surface area contributed by atoms with E-state index in [2.05, 4.69) is 0 Å². The van der Waals surface area contributed by atoms with Gasteiger partial charge in [0, 0.05) is 31.8 Å². The minimum absolute atomic E-state index is 0.0346. The largest absolute Gasteiger partial charge is 0.444 e. The summed E-state index contributed by atoms with van der Waals surface area (Å²) in [7, 11) is 0. The van der Waals surface area contributed by atoms with E-state index >= 15 is 0 Å². The fraction of sp³-hybridized carbons (Fsp3) is 0.800. The number of amides is 1. The predicted octanol–water partition coefficient (Wildman–Crippen LogP) is 2.90. The number of rotatable bonds is 4. The van der Waals surface area contributed by atoms with E-state index < -0.39 is 5.60 Å². The Morgan fingerprint density at radius 1 is 1.30 bits per heavy atom. The molecule has 1 saturated heterocycles. The van der Waals surface area contributed by atoms with E-state index in [4.69, 9.17) is 10.00 Å². The van der Waals surface area contributed by atoms with E-state index in [1.54, 1.807) is 4.90 Å². The van der Waals surface area contributed by atoms with E-state index in [0.29, 0.717) is 45.2 Å². The minimum Gasteiger partial charge on any atom is -0.444 e. The van der Waals surface area contributed by atoms with E-state index in [-0.39, 0.29) is 17.8 Å². The van der Waals surface area contributed by atoms with Crippen molar-refractivity contribution in [3.8, 4) is 6.07 Å². The lowest BCUT2D eigenvalue weighted by molar-refractivity contribution is -0.124. The molecule has 1 aliphatic heterocycles. The van der Waals surface area contributed by atoms with Crippen LogP contribution < -0.4 is 0 Å². The van der Waals surface area contributed by atoms with Crippen molar-refractivity contribution in [2.75, 3.05) is 13.1 Å². The van der Waals surface area contributed by atoms with Crippen LogP contribution in [-0.4, -0.2) is 35.5 Å². The molecule has 0 unspecified atom stereocenters. The lowest BCUT2D eigenvalue weighted by Gasteiger charge is -2.32. The van der Waals surface area contributed by atoms with Gasteiger partial charge in [-0.2, -0.15) is 5.26 Å². The topological polar surface area (TPSA) is 70.4 Å². The SMILES string of the molecule is CC(C)(C)OC(=O)N1CCC(C(=O)CCCC#N)CC1. The van der Waals surface area contributed by atoms with Crippen LogP contribution in [0.4, 0.5) is 4.79 Å². The highest BCUT2D eigenvalue weighted by atomic mass is 16.6. The predicted molar refractivity (Wildman–Crippen MR) is 75.0 cm³/mol. The Hall–Kier alpha value is -1.57. The number of unbranched alkanes of at least 4 members (excludes halogenated alkanes) is 1. The zero-order chi connectivity index (χ0) is 15.2. The highest BCUT2D eigenvalue weighted by molar-refractivity contribution is 5.81. The number of piperidine rings is 1. The van der Waals surface area contributed by atoms with Crippen molar-refractivity contribution in [2.24, 2.45) is 5.92 Å². The lowest BCUT2D eigenvalue weighted by Crippen LogP contribution is -2.42. The molecule has 1 amide bonds. The molecule has 0 spiro atoms. The van der Waals surface area contributed by atoms with Crippen LogP contribution in [0.1, 0.15) is 52.9 Å². The van der Waals surface area contributed by atoms with Crippen molar-refractivity contribution in [3.05, 3.63) is 0 Å². The Labute approximate surface area is 120 Å². The van der Waals surface area contributed by atoms with Gasteiger partial charge in [-0.1, -0.05) is 0 Å². The molecule has 0 aromatic heterocycles. The molecule has 1 rings (SSSR count). The fourth-order valence-corrected chi connectivity index (χ4v) is 2.26. The van der Waals surface area contributed by atoms with Crippen LogP contribution in [0, 0.1) is 17.2 Å². The highest BCUT2D eigenvalue weighted by Gasteiger charge is 2.29. The zero-order valence-corrected chi connectivity index (χ0v) is 12.6. The number of carbonyl (C=O) groups is 2. The molecule has 0 saturated carbocycles. The standard InChI is InChI=1S/C15H24N2O3/c1-15(2,3)20-14(19)17-10-7-12(8-11-17)13(18)6-4-5-9-16/h12H,4-8,10-11H2,1-3H3. The van der Waals surface area contributed by atoms with Crippen LogP contribution in [0.15, 0.2) is 0 Å². The minimum atomic E-state index is -0.485. The average molecular weight is 280 g/mol. The fourth-order valence-electron chi connectivity index (χ4n) is 2.26. The van der Waals surface area contributed by atoms with Gasteiger partial charge in [0.1, 0.15) is 11.4 Å². The van der Waals surface area contributed by atoms with Crippen LogP contribution in [0.3, 0.4) is 0 Å². The zero-order valence-electron chi connectivity index (χ0n) is 12.6. The summed E-state index contributed by atoms with van der Waals surface area (Å²) in [6.45, 7) is 6.68. The second-order valence-electron chi connectivity index (χ2n) is 6.22. The average Bonchev–Trinajstić information content (AvgIpc) is 2.37. The molecule has 0 aliphatic carbocycles. The Morgan fingerprint density at radius 3 is 2.40 bits per heavy atom. The number of hydrogen-bond donors (Lipinski definition) is 0. The summed E-state index contributed by atoms with van der Waals surface area (Å²) in [5.41, 5.74) is -0.485. The first kappa shape index (κ1) is 16.5. The molecule has 0 N–H and O–H groups in total. The second-order valence-corrected chi connectivity index (χ2v) is 6.22. The Balaban J connectivity index is 2.34. The molecule has 0 aromatic rings.